The minimum atomic E-state index is -0.966. The Labute approximate surface area is 96.7 Å². The fraction of sp³-hybridized carbons (Fsp3) is 0.182. The monoisotopic (exact) mass is 233 g/mol. The highest BCUT2D eigenvalue weighted by Crippen LogP contribution is 2.05. The van der Waals surface area contributed by atoms with Crippen LogP contribution in [-0.4, -0.2) is 25.4 Å². The van der Waals surface area contributed by atoms with Crippen molar-refractivity contribution in [1.82, 2.24) is 14.3 Å². The first kappa shape index (κ1) is 11.1. The van der Waals surface area contributed by atoms with Crippen LogP contribution in [0.25, 0.3) is 0 Å². The van der Waals surface area contributed by atoms with Crippen molar-refractivity contribution in [2.45, 2.75) is 6.54 Å². The fourth-order valence-corrected chi connectivity index (χ4v) is 1.45. The second-order valence-electron chi connectivity index (χ2n) is 3.68. The Morgan fingerprint density at radius 2 is 2.00 bits per heavy atom. The van der Waals surface area contributed by atoms with Gasteiger partial charge < -0.3 is 5.11 Å². The van der Waals surface area contributed by atoms with Gasteiger partial charge in [0.05, 0.1) is 12.1 Å². The van der Waals surface area contributed by atoms with Crippen LogP contribution >= 0.6 is 0 Å². The lowest BCUT2D eigenvalue weighted by atomic mass is 10.1. The molecule has 0 saturated heterocycles. The molecule has 0 unspecified atom stereocenters. The van der Waals surface area contributed by atoms with Crippen LogP contribution in [0.4, 0.5) is 0 Å². The van der Waals surface area contributed by atoms with E-state index >= 15 is 0 Å². The van der Waals surface area contributed by atoms with E-state index in [0.717, 1.165) is 5.56 Å². The smallest absolute Gasteiger partial charge is 0.345 e. The van der Waals surface area contributed by atoms with Crippen molar-refractivity contribution in [3.05, 3.63) is 52.2 Å². The summed E-state index contributed by atoms with van der Waals surface area (Å²) in [4.78, 5) is 22.2. The molecule has 0 aliphatic carbocycles. The average Bonchev–Trinajstić information content (AvgIpc) is 2.62. The summed E-state index contributed by atoms with van der Waals surface area (Å²) in [6, 6.07) is 6.35. The lowest BCUT2D eigenvalue weighted by Crippen LogP contribution is -2.23. The number of hydrogen-bond donors (Lipinski definition) is 1. The molecular weight excluding hydrogens is 222 g/mol. The van der Waals surface area contributed by atoms with Crippen molar-refractivity contribution in [3.8, 4) is 0 Å². The molecule has 0 atom stereocenters. The molecule has 1 N–H and O–H groups in total. The number of carboxylic acids is 1. The van der Waals surface area contributed by atoms with E-state index in [1.165, 1.54) is 27.7 Å². The van der Waals surface area contributed by atoms with Gasteiger partial charge in [0, 0.05) is 7.05 Å². The first-order valence-corrected chi connectivity index (χ1v) is 4.98. The van der Waals surface area contributed by atoms with Gasteiger partial charge in [0.25, 0.3) is 0 Å². The van der Waals surface area contributed by atoms with E-state index in [2.05, 4.69) is 5.10 Å². The Balaban J connectivity index is 2.22. The fourth-order valence-electron chi connectivity index (χ4n) is 1.45. The molecule has 0 spiro atoms. The highest BCUT2D eigenvalue weighted by atomic mass is 16.4. The van der Waals surface area contributed by atoms with Crippen LogP contribution in [0.3, 0.4) is 0 Å². The van der Waals surface area contributed by atoms with Crippen molar-refractivity contribution in [2.75, 3.05) is 0 Å². The summed E-state index contributed by atoms with van der Waals surface area (Å²) < 4.78 is 2.70. The Morgan fingerprint density at radius 1 is 1.35 bits per heavy atom. The Morgan fingerprint density at radius 3 is 2.47 bits per heavy atom. The normalized spacial score (nSPS) is 10.4. The third kappa shape index (κ3) is 2.25. The molecule has 0 radical (unpaired) electrons. The number of aromatic nitrogens is 3. The molecule has 0 bridgehead atoms. The van der Waals surface area contributed by atoms with Crippen LogP contribution in [0.1, 0.15) is 15.9 Å². The Kier molecular flexibility index (Phi) is 2.78. The Hall–Kier alpha value is -2.37. The average molecular weight is 233 g/mol. The third-order valence-electron chi connectivity index (χ3n) is 2.42. The number of aryl methyl sites for hydroxylation is 1. The van der Waals surface area contributed by atoms with Crippen molar-refractivity contribution in [2.24, 2.45) is 7.05 Å². The summed E-state index contributed by atoms with van der Waals surface area (Å²) >= 11 is 0. The van der Waals surface area contributed by atoms with Gasteiger partial charge in [-0.3, -0.25) is 4.57 Å². The van der Waals surface area contributed by atoms with Gasteiger partial charge in [-0.25, -0.2) is 14.3 Å². The van der Waals surface area contributed by atoms with E-state index in [4.69, 9.17) is 5.11 Å². The molecule has 0 aliphatic rings. The van der Waals surface area contributed by atoms with E-state index in [0.29, 0.717) is 6.54 Å². The molecule has 1 heterocycles. The van der Waals surface area contributed by atoms with Crippen LogP contribution < -0.4 is 5.69 Å². The second kappa shape index (κ2) is 4.25. The summed E-state index contributed by atoms with van der Waals surface area (Å²) in [5, 5.41) is 12.7. The number of aromatic carboxylic acids is 1. The summed E-state index contributed by atoms with van der Waals surface area (Å²) in [5.41, 5.74) is 0.852. The standard InChI is InChI=1S/C11H11N3O3/c1-13-7-12-14(11(13)17)6-8-2-4-9(5-3-8)10(15)16/h2-5,7H,6H2,1H3,(H,15,16). The van der Waals surface area contributed by atoms with Gasteiger partial charge in [0.1, 0.15) is 6.33 Å². The number of rotatable bonds is 3. The van der Waals surface area contributed by atoms with Crippen LogP contribution in [0.15, 0.2) is 35.4 Å². The maximum absolute atomic E-state index is 11.5. The van der Waals surface area contributed by atoms with Gasteiger partial charge in [0.15, 0.2) is 0 Å². The molecule has 0 saturated carbocycles. The van der Waals surface area contributed by atoms with Gasteiger partial charge in [-0.1, -0.05) is 12.1 Å². The molecule has 2 aromatic rings. The van der Waals surface area contributed by atoms with Crippen molar-refractivity contribution >= 4 is 5.97 Å². The third-order valence-corrected chi connectivity index (χ3v) is 2.42. The second-order valence-corrected chi connectivity index (χ2v) is 3.68. The molecule has 2 rings (SSSR count). The largest absolute Gasteiger partial charge is 0.478 e. The molecule has 17 heavy (non-hydrogen) atoms. The minimum absolute atomic E-state index is 0.202. The molecule has 1 aromatic carbocycles. The highest BCUT2D eigenvalue weighted by Gasteiger charge is 2.04. The summed E-state index contributed by atoms with van der Waals surface area (Å²) in [7, 11) is 1.62. The lowest BCUT2D eigenvalue weighted by Gasteiger charge is -2.01. The first-order chi connectivity index (χ1) is 8.08. The van der Waals surface area contributed by atoms with Crippen molar-refractivity contribution in [3.63, 3.8) is 0 Å². The molecule has 6 nitrogen and oxygen atoms in total. The van der Waals surface area contributed by atoms with Gasteiger partial charge >= 0.3 is 11.7 Å². The molecule has 6 heteroatoms. The van der Waals surface area contributed by atoms with Crippen molar-refractivity contribution in [1.29, 1.82) is 0 Å². The number of hydrogen-bond acceptors (Lipinski definition) is 3. The molecule has 0 fully saturated rings. The van der Waals surface area contributed by atoms with E-state index in [1.54, 1.807) is 19.2 Å². The lowest BCUT2D eigenvalue weighted by molar-refractivity contribution is 0.0697. The summed E-state index contributed by atoms with van der Waals surface area (Å²) in [6.45, 7) is 0.333. The van der Waals surface area contributed by atoms with Gasteiger partial charge in [-0.05, 0) is 17.7 Å². The highest BCUT2D eigenvalue weighted by molar-refractivity contribution is 5.87. The molecule has 88 valence electrons. The number of carbonyl (C=O) groups is 1. The van der Waals surface area contributed by atoms with Crippen LogP contribution in [-0.2, 0) is 13.6 Å². The maximum Gasteiger partial charge on any atom is 0.345 e. The van der Waals surface area contributed by atoms with Gasteiger partial charge in [-0.2, -0.15) is 5.10 Å². The zero-order valence-corrected chi connectivity index (χ0v) is 9.20. The zero-order valence-electron chi connectivity index (χ0n) is 9.20. The zero-order chi connectivity index (χ0) is 12.4. The SMILES string of the molecule is Cn1cnn(Cc2ccc(C(=O)O)cc2)c1=O. The minimum Gasteiger partial charge on any atom is -0.478 e. The number of benzene rings is 1. The van der Waals surface area contributed by atoms with E-state index in [-0.39, 0.29) is 11.3 Å². The Bertz CT molecular complexity index is 595. The first-order valence-electron chi connectivity index (χ1n) is 4.98. The summed E-state index contributed by atoms with van der Waals surface area (Å²) in [5.74, 6) is -0.966. The maximum atomic E-state index is 11.5. The quantitative estimate of drug-likeness (QED) is 0.828. The van der Waals surface area contributed by atoms with Crippen LogP contribution in [0.5, 0.6) is 0 Å². The number of carboxylic acid groups (broad SMARTS) is 1. The van der Waals surface area contributed by atoms with Crippen LogP contribution in [0, 0.1) is 0 Å². The number of nitrogens with zero attached hydrogens (tertiary/aromatic N) is 3. The van der Waals surface area contributed by atoms with Gasteiger partial charge in [0.2, 0.25) is 0 Å². The molecule has 0 amide bonds. The van der Waals surface area contributed by atoms with E-state index in [9.17, 15) is 9.59 Å². The van der Waals surface area contributed by atoms with E-state index in [1.807, 2.05) is 0 Å². The predicted molar refractivity (Wildman–Crippen MR) is 60.0 cm³/mol. The van der Waals surface area contributed by atoms with Crippen LogP contribution in [0.2, 0.25) is 0 Å². The van der Waals surface area contributed by atoms with Crippen molar-refractivity contribution < 1.29 is 9.90 Å². The molecule has 1 aromatic heterocycles. The van der Waals surface area contributed by atoms with E-state index < -0.39 is 5.97 Å². The molecule has 0 aliphatic heterocycles. The van der Waals surface area contributed by atoms with Gasteiger partial charge in [-0.15, -0.1) is 0 Å². The predicted octanol–water partition coefficient (Wildman–Crippen LogP) is 0.328. The topological polar surface area (TPSA) is 77.1 Å². The summed E-state index contributed by atoms with van der Waals surface area (Å²) in [6.07, 6.45) is 1.44. The molecular formula is C11H11N3O3.